The van der Waals surface area contributed by atoms with Crippen molar-refractivity contribution < 1.29 is 13.2 Å². The molecule has 1 atom stereocenters. The van der Waals surface area contributed by atoms with Gasteiger partial charge in [0.15, 0.2) is 5.96 Å². The number of sulfonamides is 1. The molecule has 2 saturated heterocycles. The van der Waals surface area contributed by atoms with E-state index in [1.165, 1.54) is 0 Å². The van der Waals surface area contributed by atoms with Crippen LogP contribution in [-0.2, 0) is 14.8 Å². The van der Waals surface area contributed by atoms with Gasteiger partial charge in [0.1, 0.15) is 0 Å². The second kappa shape index (κ2) is 7.61. The van der Waals surface area contributed by atoms with Crippen LogP contribution >= 0.6 is 0 Å². The lowest BCUT2D eigenvalue weighted by atomic mass is 9.87. The zero-order valence-corrected chi connectivity index (χ0v) is 14.4. The summed E-state index contributed by atoms with van der Waals surface area (Å²) >= 11 is 0. The number of ether oxygens (including phenoxy) is 1. The Balaban J connectivity index is 1.70. The van der Waals surface area contributed by atoms with E-state index in [2.05, 4.69) is 19.9 Å². The Labute approximate surface area is 133 Å². The number of hydrogen-bond donors (Lipinski definition) is 2. The molecule has 2 rings (SSSR count). The molecule has 0 bridgehead atoms. The van der Waals surface area contributed by atoms with Crippen molar-refractivity contribution in [2.24, 2.45) is 10.4 Å². The maximum absolute atomic E-state index is 11.3. The molecule has 2 fully saturated rings. The molecule has 2 heterocycles. The van der Waals surface area contributed by atoms with E-state index in [4.69, 9.17) is 4.74 Å². The topological polar surface area (TPSA) is 83.0 Å². The number of hydrogen-bond acceptors (Lipinski definition) is 4. The van der Waals surface area contributed by atoms with Crippen LogP contribution in [0.25, 0.3) is 0 Å². The van der Waals surface area contributed by atoms with Crippen molar-refractivity contribution in [1.82, 2.24) is 14.9 Å². The third-order valence-corrected chi connectivity index (χ3v) is 5.88. The molecule has 0 aliphatic carbocycles. The molecule has 0 aromatic rings. The first-order valence-electron chi connectivity index (χ1n) is 8.01. The van der Waals surface area contributed by atoms with Crippen molar-refractivity contribution in [3.8, 4) is 0 Å². The highest BCUT2D eigenvalue weighted by atomic mass is 32.2. The number of nitrogens with zero attached hydrogens (tertiary/aromatic N) is 2. The standard InChI is InChI=1S/C14H28N4O3S/c1-3-22(19,20)17-8-4-7-16-13(15-2)18-9-5-14(11-18)6-10-21-12-14/h17H,3-12H2,1-2H3,(H,15,16). The fraction of sp³-hybridized carbons (Fsp3) is 0.929. The quantitative estimate of drug-likeness (QED) is 0.406. The zero-order chi connectivity index (χ0) is 16.1. The molecule has 0 aromatic heterocycles. The summed E-state index contributed by atoms with van der Waals surface area (Å²) in [5.74, 6) is 1.03. The molecule has 0 amide bonds. The van der Waals surface area contributed by atoms with E-state index in [0.29, 0.717) is 18.5 Å². The highest BCUT2D eigenvalue weighted by molar-refractivity contribution is 7.89. The number of aliphatic imine (C=N–C) groups is 1. The van der Waals surface area contributed by atoms with Crippen LogP contribution < -0.4 is 10.0 Å². The fourth-order valence-corrected chi connectivity index (χ4v) is 3.70. The molecule has 0 radical (unpaired) electrons. The summed E-state index contributed by atoms with van der Waals surface area (Å²) in [4.78, 5) is 6.62. The van der Waals surface area contributed by atoms with Gasteiger partial charge in [-0.05, 0) is 26.2 Å². The minimum atomic E-state index is -3.09. The first-order chi connectivity index (χ1) is 10.5. The largest absolute Gasteiger partial charge is 0.381 e. The van der Waals surface area contributed by atoms with E-state index in [1.807, 2.05) is 0 Å². The molecule has 1 spiro atoms. The van der Waals surface area contributed by atoms with Crippen molar-refractivity contribution in [1.29, 1.82) is 0 Å². The maximum atomic E-state index is 11.3. The molecule has 2 N–H and O–H groups in total. The summed E-state index contributed by atoms with van der Waals surface area (Å²) in [7, 11) is -1.30. The molecular weight excluding hydrogens is 304 g/mol. The third-order valence-electron chi connectivity index (χ3n) is 4.47. The van der Waals surface area contributed by atoms with Crippen LogP contribution in [0.5, 0.6) is 0 Å². The molecular formula is C14H28N4O3S. The van der Waals surface area contributed by atoms with Gasteiger partial charge >= 0.3 is 0 Å². The zero-order valence-electron chi connectivity index (χ0n) is 13.6. The predicted molar refractivity (Wildman–Crippen MR) is 87.5 cm³/mol. The van der Waals surface area contributed by atoms with Crippen LogP contribution in [0.1, 0.15) is 26.2 Å². The normalized spacial score (nSPS) is 26.1. The van der Waals surface area contributed by atoms with Crippen molar-refractivity contribution in [2.75, 3.05) is 52.2 Å². The Hall–Kier alpha value is -0.860. The van der Waals surface area contributed by atoms with Gasteiger partial charge in [0, 0.05) is 45.2 Å². The Morgan fingerprint density at radius 2 is 2.18 bits per heavy atom. The Morgan fingerprint density at radius 1 is 1.36 bits per heavy atom. The molecule has 2 aliphatic rings. The van der Waals surface area contributed by atoms with Gasteiger partial charge < -0.3 is 15.0 Å². The van der Waals surface area contributed by atoms with E-state index >= 15 is 0 Å². The van der Waals surface area contributed by atoms with Crippen LogP contribution in [0.4, 0.5) is 0 Å². The van der Waals surface area contributed by atoms with Crippen LogP contribution in [0.15, 0.2) is 4.99 Å². The highest BCUT2D eigenvalue weighted by Crippen LogP contribution is 2.38. The Kier molecular flexibility index (Phi) is 6.05. The van der Waals surface area contributed by atoms with Gasteiger partial charge in [-0.2, -0.15) is 0 Å². The van der Waals surface area contributed by atoms with E-state index < -0.39 is 10.0 Å². The van der Waals surface area contributed by atoms with E-state index in [0.717, 1.165) is 51.5 Å². The second-order valence-corrected chi connectivity index (χ2v) is 8.19. The summed E-state index contributed by atoms with van der Waals surface area (Å²) in [6.45, 7) is 6.53. The molecule has 0 saturated carbocycles. The van der Waals surface area contributed by atoms with Gasteiger partial charge in [-0.1, -0.05) is 0 Å². The van der Waals surface area contributed by atoms with Crippen LogP contribution in [0.3, 0.4) is 0 Å². The summed E-state index contributed by atoms with van der Waals surface area (Å²) in [6, 6.07) is 0. The van der Waals surface area contributed by atoms with Gasteiger partial charge in [-0.3, -0.25) is 4.99 Å². The van der Waals surface area contributed by atoms with Gasteiger partial charge in [-0.25, -0.2) is 13.1 Å². The average Bonchev–Trinajstić information content (AvgIpc) is 3.13. The van der Waals surface area contributed by atoms with Gasteiger partial charge in [-0.15, -0.1) is 0 Å². The van der Waals surface area contributed by atoms with Crippen molar-refractivity contribution >= 4 is 16.0 Å². The first-order valence-corrected chi connectivity index (χ1v) is 9.66. The van der Waals surface area contributed by atoms with Crippen molar-refractivity contribution in [3.63, 3.8) is 0 Å². The monoisotopic (exact) mass is 332 g/mol. The molecule has 22 heavy (non-hydrogen) atoms. The van der Waals surface area contributed by atoms with Gasteiger partial charge in [0.25, 0.3) is 0 Å². The second-order valence-electron chi connectivity index (χ2n) is 6.10. The number of likely N-dealkylation sites (tertiary alicyclic amines) is 1. The molecule has 0 aromatic carbocycles. The molecule has 8 heteroatoms. The molecule has 128 valence electrons. The van der Waals surface area contributed by atoms with Crippen LogP contribution in [0.2, 0.25) is 0 Å². The predicted octanol–water partition coefficient (Wildman–Crippen LogP) is 0.00360. The fourth-order valence-electron chi connectivity index (χ4n) is 3.04. The van der Waals surface area contributed by atoms with Crippen molar-refractivity contribution in [3.05, 3.63) is 0 Å². The number of guanidine groups is 1. The smallest absolute Gasteiger partial charge is 0.211 e. The van der Waals surface area contributed by atoms with Crippen molar-refractivity contribution in [2.45, 2.75) is 26.2 Å². The van der Waals surface area contributed by atoms with E-state index in [1.54, 1.807) is 14.0 Å². The summed E-state index contributed by atoms with van der Waals surface area (Å²) in [6.07, 6.45) is 3.03. The summed E-state index contributed by atoms with van der Waals surface area (Å²) in [5, 5.41) is 3.32. The first kappa shape index (κ1) is 17.5. The van der Waals surface area contributed by atoms with E-state index in [-0.39, 0.29) is 5.75 Å². The Morgan fingerprint density at radius 3 is 2.82 bits per heavy atom. The maximum Gasteiger partial charge on any atom is 0.211 e. The summed E-state index contributed by atoms with van der Waals surface area (Å²) < 4.78 is 30.8. The van der Waals surface area contributed by atoms with Gasteiger partial charge in [0.2, 0.25) is 10.0 Å². The SMILES string of the molecule is CCS(=O)(=O)NCCCNC(=NC)N1CCC2(CCOC2)C1. The van der Waals surface area contributed by atoms with Crippen LogP contribution in [0, 0.1) is 5.41 Å². The molecule has 1 unspecified atom stereocenters. The summed E-state index contributed by atoms with van der Waals surface area (Å²) in [5.41, 5.74) is 0.314. The lowest BCUT2D eigenvalue weighted by Gasteiger charge is -2.24. The molecule has 7 nitrogen and oxygen atoms in total. The van der Waals surface area contributed by atoms with E-state index in [9.17, 15) is 8.42 Å². The molecule has 2 aliphatic heterocycles. The highest BCUT2D eigenvalue weighted by Gasteiger charge is 2.42. The Bertz CT molecular complexity index is 486. The number of rotatable bonds is 6. The lowest BCUT2D eigenvalue weighted by molar-refractivity contribution is 0.156. The lowest BCUT2D eigenvalue weighted by Crippen LogP contribution is -2.42. The minimum Gasteiger partial charge on any atom is -0.381 e. The van der Waals surface area contributed by atoms with Gasteiger partial charge in [0.05, 0.1) is 12.4 Å². The van der Waals surface area contributed by atoms with Crippen LogP contribution in [-0.4, -0.2) is 71.5 Å². The number of nitrogens with one attached hydrogen (secondary N) is 2. The third kappa shape index (κ3) is 4.57. The minimum absolute atomic E-state index is 0.125. The average molecular weight is 332 g/mol.